The minimum Gasteiger partial charge on any atom is -0.434 e. The summed E-state index contributed by atoms with van der Waals surface area (Å²) in [5, 5.41) is 2.72. The van der Waals surface area contributed by atoms with Crippen molar-refractivity contribution >= 4 is 22.6 Å². The van der Waals surface area contributed by atoms with E-state index in [0.717, 1.165) is 28.0 Å². The van der Waals surface area contributed by atoms with Gasteiger partial charge in [-0.05, 0) is 54.5 Å². The van der Waals surface area contributed by atoms with Crippen molar-refractivity contribution in [3.05, 3.63) is 90.8 Å². The topological polar surface area (TPSA) is 56.2 Å². The Morgan fingerprint density at radius 2 is 1.84 bits per heavy atom. The molecule has 32 heavy (non-hydrogen) atoms. The molecule has 0 aliphatic heterocycles. The van der Waals surface area contributed by atoms with Crippen LogP contribution in [0.5, 0.6) is 5.75 Å². The lowest BCUT2D eigenvalue weighted by Gasteiger charge is -2.13. The van der Waals surface area contributed by atoms with E-state index in [1.807, 2.05) is 54.0 Å². The summed E-state index contributed by atoms with van der Waals surface area (Å²) in [5.74, 6) is 0.651. The normalized spacial score (nSPS) is 11.0. The maximum absolute atomic E-state index is 12.8. The van der Waals surface area contributed by atoms with E-state index in [0.29, 0.717) is 17.8 Å². The van der Waals surface area contributed by atoms with Crippen molar-refractivity contribution in [3.63, 3.8) is 0 Å². The minimum absolute atomic E-state index is 0.150. The number of amides is 1. The van der Waals surface area contributed by atoms with Gasteiger partial charge >= 0.3 is 6.61 Å². The van der Waals surface area contributed by atoms with Crippen molar-refractivity contribution < 1.29 is 18.3 Å². The van der Waals surface area contributed by atoms with E-state index in [2.05, 4.69) is 21.6 Å². The first kappa shape index (κ1) is 21.2. The second kappa shape index (κ2) is 9.01. The molecule has 0 atom stereocenters. The van der Waals surface area contributed by atoms with Crippen LogP contribution < -0.4 is 10.1 Å². The number of benzene rings is 3. The molecule has 0 saturated heterocycles. The van der Waals surface area contributed by atoms with E-state index in [9.17, 15) is 13.6 Å². The van der Waals surface area contributed by atoms with Crippen molar-refractivity contribution in [2.75, 3.05) is 5.32 Å². The number of alkyl halides is 2. The average Bonchev–Trinajstić information content (AvgIpc) is 3.09. The van der Waals surface area contributed by atoms with Gasteiger partial charge in [0.2, 0.25) is 5.91 Å². The van der Waals surface area contributed by atoms with Gasteiger partial charge in [-0.15, -0.1) is 0 Å². The van der Waals surface area contributed by atoms with Gasteiger partial charge in [-0.25, -0.2) is 4.98 Å². The van der Waals surface area contributed by atoms with E-state index in [4.69, 9.17) is 0 Å². The molecule has 0 radical (unpaired) electrons. The minimum atomic E-state index is -2.89. The molecular weight excluding hydrogens is 412 g/mol. The highest BCUT2D eigenvalue weighted by atomic mass is 19.3. The third kappa shape index (κ3) is 4.51. The predicted octanol–water partition coefficient (Wildman–Crippen LogP) is 5.79. The zero-order chi connectivity index (χ0) is 22.7. The van der Waals surface area contributed by atoms with Gasteiger partial charge in [0.15, 0.2) is 0 Å². The number of hydrogen-bond acceptors (Lipinski definition) is 3. The van der Waals surface area contributed by atoms with E-state index < -0.39 is 6.61 Å². The number of carbonyl (C=O) groups is 1. The summed E-state index contributed by atoms with van der Waals surface area (Å²) in [5.41, 5.74) is 4.95. The predicted molar refractivity (Wildman–Crippen MR) is 121 cm³/mol. The molecule has 0 aliphatic carbocycles. The number of nitrogens with one attached hydrogen (secondary N) is 1. The first-order chi connectivity index (χ1) is 15.4. The van der Waals surface area contributed by atoms with Gasteiger partial charge in [0, 0.05) is 11.3 Å². The second-order valence-corrected chi connectivity index (χ2v) is 7.21. The maximum Gasteiger partial charge on any atom is 0.387 e. The van der Waals surface area contributed by atoms with Crippen LogP contribution in [0.1, 0.15) is 11.4 Å². The molecule has 0 saturated carbocycles. The van der Waals surface area contributed by atoms with Gasteiger partial charge in [-0.3, -0.25) is 4.79 Å². The number of para-hydroxylation sites is 1. The Morgan fingerprint density at radius 1 is 1.12 bits per heavy atom. The number of fused-ring (bicyclic) bond motifs is 1. The molecule has 0 aliphatic rings. The van der Waals surface area contributed by atoms with Crippen molar-refractivity contribution in [2.45, 2.75) is 20.1 Å². The Bertz CT molecular complexity index is 1280. The molecular formula is C25H21F2N3O2. The van der Waals surface area contributed by atoms with Crippen molar-refractivity contribution in [1.82, 2.24) is 9.55 Å². The lowest BCUT2D eigenvalue weighted by Crippen LogP contribution is -2.08. The van der Waals surface area contributed by atoms with Crippen molar-refractivity contribution in [2.24, 2.45) is 0 Å². The number of imidazole rings is 1. The number of rotatable bonds is 7. The number of aromatic nitrogens is 2. The maximum atomic E-state index is 12.8. The van der Waals surface area contributed by atoms with E-state index in [1.165, 1.54) is 12.1 Å². The van der Waals surface area contributed by atoms with Crippen LogP contribution in [-0.2, 0) is 11.3 Å². The highest BCUT2D eigenvalue weighted by Crippen LogP contribution is 2.28. The van der Waals surface area contributed by atoms with Crippen LogP contribution in [0.25, 0.3) is 22.2 Å². The number of aryl methyl sites for hydroxylation is 1. The lowest BCUT2D eigenvalue weighted by atomic mass is 10.0. The van der Waals surface area contributed by atoms with Crippen LogP contribution in [0, 0.1) is 6.92 Å². The molecule has 3 aromatic carbocycles. The van der Waals surface area contributed by atoms with Crippen LogP contribution >= 0.6 is 0 Å². The monoisotopic (exact) mass is 433 g/mol. The second-order valence-electron chi connectivity index (χ2n) is 7.21. The van der Waals surface area contributed by atoms with Crippen molar-refractivity contribution in [1.29, 1.82) is 0 Å². The van der Waals surface area contributed by atoms with Crippen LogP contribution in [0.4, 0.5) is 14.5 Å². The van der Waals surface area contributed by atoms with Crippen LogP contribution in [0.3, 0.4) is 0 Å². The zero-order valence-corrected chi connectivity index (χ0v) is 17.4. The fourth-order valence-corrected chi connectivity index (χ4v) is 3.58. The summed E-state index contributed by atoms with van der Waals surface area (Å²) >= 11 is 0. The van der Waals surface area contributed by atoms with Gasteiger partial charge in [0.1, 0.15) is 11.6 Å². The Hall–Kier alpha value is -4.00. The number of nitrogens with zero attached hydrogens (tertiary/aromatic N) is 2. The van der Waals surface area contributed by atoms with E-state index >= 15 is 0 Å². The standard InChI is InChI=1S/C25H21F2N3O2/c1-3-24(31)29-20-11-8-17(9-12-20)18-10-13-21-22(14-18)30(16(2)28-21)15-19-6-4-5-7-23(19)32-25(26)27/h3-14,25H,1,15H2,2H3,(H,29,31). The van der Waals surface area contributed by atoms with Gasteiger partial charge in [0.05, 0.1) is 17.6 Å². The highest BCUT2D eigenvalue weighted by Gasteiger charge is 2.14. The zero-order valence-electron chi connectivity index (χ0n) is 17.4. The highest BCUT2D eigenvalue weighted by molar-refractivity contribution is 5.99. The summed E-state index contributed by atoms with van der Waals surface area (Å²) in [6.45, 7) is 2.79. The summed E-state index contributed by atoms with van der Waals surface area (Å²) in [7, 11) is 0. The molecule has 1 heterocycles. The lowest BCUT2D eigenvalue weighted by molar-refractivity contribution is -0.111. The van der Waals surface area contributed by atoms with Gasteiger partial charge in [-0.1, -0.05) is 43.0 Å². The number of carbonyl (C=O) groups excluding carboxylic acids is 1. The largest absolute Gasteiger partial charge is 0.434 e. The molecule has 0 spiro atoms. The summed E-state index contributed by atoms with van der Waals surface area (Å²) in [6.07, 6.45) is 1.22. The van der Waals surface area contributed by atoms with E-state index in [-0.39, 0.29) is 11.7 Å². The third-order valence-corrected chi connectivity index (χ3v) is 5.13. The number of anilines is 1. The molecule has 0 unspecified atom stereocenters. The molecule has 162 valence electrons. The Balaban J connectivity index is 1.68. The Kier molecular flexibility index (Phi) is 5.98. The van der Waals surface area contributed by atoms with Crippen LogP contribution in [0.2, 0.25) is 0 Å². The molecule has 0 bridgehead atoms. The first-order valence-corrected chi connectivity index (χ1v) is 9.98. The molecule has 4 aromatic rings. The first-order valence-electron chi connectivity index (χ1n) is 9.98. The Morgan fingerprint density at radius 3 is 2.56 bits per heavy atom. The average molecular weight is 433 g/mol. The van der Waals surface area contributed by atoms with Gasteiger partial charge in [0.25, 0.3) is 0 Å². The molecule has 5 nitrogen and oxygen atoms in total. The summed E-state index contributed by atoms with van der Waals surface area (Å²) < 4.78 is 32.3. The number of halogens is 2. The smallest absolute Gasteiger partial charge is 0.387 e. The molecule has 1 aromatic heterocycles. The quantitative estimate of drug-likeness (QED) is 0.376. The Labute approximate surface area is 184 Å². The molecule has 1 N–H and O–H groups in total. The van der Waals surface area contributed by atoms with Crippen molar-refractivity contribution in [3.8, 4) is 16.9 Å². The summed E-state index contributed by atoms with van der Waals surface area (Å²) in [4.78, 5) is 16.1. The third-order valence-electron chi connectivity index (χ3n) is 5.13. The van der Waals surface area contributed by atoms with Gasteiger partial charge < -0.3 is 14.6 Å². The van der Waals surface area contributed by atoms with Gasteiger partial charge in [-0.2, -0.15) is 8.78 Å². The molecule has 4 rings (SSSR count). The van der Waals surface area contributed by atoms with Crippen LogP contribution in [-0.4, -0.2) is 22.1 Å². The SMILES string of the molecule is C=CC(=O)Nc1ccc(-c2ccc3nc(C)n(Cc4ccccc4OC(F)F)c3c2)cc1. The number of ether oxygens (including phenoxy) is 1. The fraction of sp³-hybridized carbons (Fsp3) is 0.120. The van der Waals surface area contributed by atoms with E-state index in [1.54, 1.807) is 18.2 Å². The molecule has 0 fully saturated rings. The molecule has 1 amide bonds. The summed E-state index contributed by atoms with van der Waals surface area (Å²) in [6, 6.07) is 20.2. The fourth-order valence-electron chi connectivity index (χ4n) is 3.58. The molecule has 7 heteroatoms. The number of hydrogen-bond donors (Lipinski definition) is 1. The van der Waals surface area contributed by atoms with Crippen LogP contribution in [0.15, 0.2) is 79.4 Å².